The number of hydrogen-bond acceptors (Lipinski definition) is 6. The second kappa shape index (κ2) is 10.6. The zero-order valence-corrected chi connectivity index (χ0v) is 18.7. The molecule has 0 radical (unpaired) electrons. The minimum atomic E-state index is -0.192. The van der Waals surface area contributed by atoms with Gasteiger partial charge in [-0.15, -0.1) is 0 Å². The summed E-state index contributed by atoms with van der Waals surface area (Å²) >= 11 is 0. The van der Waals surface area contributed by atoms with Gasteiger partial charge in [-0.1, -0.05) is 30.3 Å². The number of anilines is 2. The van der Waals surface area contributed by atoms with Gasteiger partial charge < -0.3 is 15.0 Å². The molecule has 1 amide bonds. The summed E-state index contributed by atoms with van der Waals surface area (Å²) in [6, 6.07) is 18.3. The van der Waals surface area contributed by atoms with E-state index in [-0.39, 0.29) is 17.9 Å². The summed E-state index contributed by atoms with van der Waals surface area (Å²) in [6.07, 6.45) is 1.94. The van der Waals surface area contributed by atoms with Crippen molar-refractivity contribution in [2.24, 2.45) is 0 Å². The smallest absolute Gasteiger partial charge is 0.319 e. The predicted molar refractivity (Wildman–Crippen MR) is 126 cm³/mol. The van der Waals surface area contributed by atoms with Gasteiger partial charge in [-0.3, -0.25) is 19.4 Å². The summed E-state index contributed by atoms with van der Waals surface area (Å²) in [7, 11) is 1.42. The van der Waals surface area contributed by atoms with Gasteiger partial charge in [0.2, 0.25) is 5.91 Å². The van der Waals surface area contributed by atoms with Crippen LogP contribution in [0, 0.1) is 0 Å². The monoisotopic (exact) mass is 436 g/mol. The Hall–Kier alpha value is -2.90. The van der Waals surface area contributed by atoms with Crippen molar-refractivity contribution < 1.29 is 14.3 Å². The van der Waals surface area contributed by atoms with Crippen LogP contribution in [0.2, 0.25) is 0 Å². The molecular formula is C25H32N4O3. The van der Waals surface area contributed by atoms with E-state index in [4.69, 9.17) is 4.74 Å². The molecule has 1 unspecified atom stereocenters. The molecule has 0 saturated carbocycles. The van der Waals surface area contributed by atoms with Crippen molar-refractivity contribution in [1.29, 1.82) is 0 Å². The molecule has 0 bridgehead atoms. The maximum absolute atomic E-state index is 12.9. The van der Waals surface area contributed by atoms with Crippen LogP contribution in [0.15, 0.2) is 54.6 Å². The number of amides is 1. The van der Waals surface area contributed by atoms with Crippen molar-refractivity contribution in [1.82, 2.24) is 9.80 Å². The molecule has 4 rings (SSSR count). The van der Waals surface area contributed by atoms with E-state index >= 15 is 0 Å². The summed E-state index contributed by atoms with van der Waals surface area (Å²) in [4.78, 5) is 31.1. The number of likely N-dealkylation sites (tertiary alicyclic amines) is 1. The van der Waals surface area contributed by atoms with Gasteiger partial charge in [-0.25, -0.2) is 0 Å². The number of hydrogen-bond donors (Lipinski definition) is 1. The molecule has 0 spiro atoms. The van der Waals surface area contributed by atoms with Crippen LogP contribution in [-0.4, -0.2) is 74.1 Å². The van der Waals surface area contributed by atoms with E-state index in [9.17, 15) is 9.59 Å². The summed E-state index contributed by atoms with van der Waals surface area (Å²) in [6.45, 7) is 5.48. The van der Waals surface area contributed by atoms with Crippen LogP contribution in [-0.2, 0) is 20.9 Å². The number of nitrogens with one attached hydrogen (secondary N) is 1. The molecule has 1 N–H and O–H groups in total. The Kier molecular flexibility index (Phi) is 7.39. The molecule has 1 atom stereocenters. The Morgan fingerprint density at radius 2 is 1.69 bits per heavy atom. The van der Waals surface area contributed by atoms with Crippen LogP contribution in [0.1, 0.15) is 18.4 Å². The molecule has 2 aliphatic rings. The number of carbonyl (C=O) groups excluding carboxylic acids is 2. The number of nitrogens with zero attached hydrogens (tertiary/aromatic N) is 3. The van der Waals surface area contributed by atoms with Gasteiger partial charge in [-0.05, 0) is 49.2 Å². The summed E-state index contributed by atoms with van der Waals surface area (Å²) in [5.74, 6) is -0.120. The van der Waals surface area contributed by atoms with E-state index in [1.165, 1.54) is 12.7 Å². The minimum absolute atomic E-state index is 0.0719. The van der Waals surface area contributed by atoms with E-state index in [1.807, 2.05) is 30.3 Å². The lowest BCUT2D eigenvalue weighted by molar-refractivity contribution is -0.142. The molecule has 2 saturated heterocycles. The number of benzene rings is 2. The van der Waals surface area contributed by atoms with Crippen LogP contribution in [0.25, 0.3) is 0 Å². The summed E-state index contributed by atoms with van der Waals surface area (Å²) in [5, 5.41) is 3.11. The fourth-order valence-electron chi connectivity index (χ4n) is 4.52. The third-order valence-electron chi connectivity index (χ3n) is 6.35. The van der Waals surface area contributed by atoms with Crippen molar-refractivity contribution in [3.63, 3.8) is 0 Å². The Labute approximate surface area is 189 Å². The van der Waals surface area contributed by atoms with E-state index in [0.717, 1.165) is 63.5 Å². The van der Waals surface area contributed by atoms with Crippen LogP contribution in [0.4, 0.5) is 11.4 Å². The van der Waals surface area contributed by atoms with E-state index in [2.05, 4.69) is 44.3 Å². The second-order valence-electron chi connectivity index (χ2n) is 8.49. The molecule has 170 valence electrons. The van der Waals surface area contributed by atoms with Gasteiger partial charge in [0.05, 0.1) is 19.7 Å². The molecule has 32 heavy (non-hydrogen) atoms. The van der Waals surface area contributed by atoms with Gasteiger partial charge in [0.15, 0.2) is 0 Å². The number of esters is 1. The molecular weight excluding hydrogens is 404 g/mol. The van der Waals surface area contributed by atoms with E-state index in [0.29, 0.717) is 6.54 Å². The second-order valence-corrected chi connectivity index (χ2v) is 8.49. The maximum atomic E-state index is 12.9. The third-order valence-corrected chi connectivity index (χ3v) is 6.35. The molecule has 0 aliphatic carbocycles. The largest absolute Gasteiger partial charge is 0.468 e. The summed E-state index contributed by atoms with van der Waals surface area (Å²) in [5.41, 5.74) is 3.20. The summed E-state index contributed by atoms with van der Waals surface area (Å²) < 4.78 is 4.75. The minimum Gasteiger partial charge on any atom is -0.468 e. The van der Waals surface area contributed by atoms with Gasteiger partial charge >= 0.3 is 5.97 Å². The highest BCUT2D eigenvalue weighted by atomic mass is 16.5. The first-order chi connectivity index (χ1) is 15.6. The van der Waals surface area contributed by atoms with E-state index < -0.39 is 0 Å². The van der Waals surface area contributed by atoms with Crippen molar-refractivity contribution in [2.45, 2.75) is 25.4 Å². The molecule has 2 fully saturated rings. The number of methoxy groups -OCH3 is 1. The fourth-order valence-corrected chi connectivity index (χ4v) is 4.52. The lowest BCUT2D eigenvalue weighted by Crippen LogP contribution is -2.48. The highest BCUT2D eigenvalue weighted by Crippen LogP contribution is 2.23. The molecule has 2 aliphatic heterocycles. The van der Waals surface area contributed by atoms with Crippen molar-refractivity contribution in [3.05, 3.63) is 60.2 Å². The standard InChI is InChI=1S/C25H32N4O3/c1-32-24(30)19-27-14-16-28(17-15-27)22-11-9-21(10-12-22)26-25(31)23-8-5-13-29(23)18-20-6-3-2-4-7-20/h2-4,6-7,9-12,23H,5,8,13-19H2,1H3,(H,26,31). The highest BCUT2D eigenvalue weighted by molar-refractivity contribution is 5.95. The Bertz CT molecular complexity index is 895. The zero-order valence-electron chi connectivity index (χ0n) is 18.7. The SMILES string of the molecule is COC(=O)CN1CCN(c2ccc(NC(=O)C3CCCN3Cc3ccccc3)cc2)CC1. The topological polar surface area (TPSA) is 65.1 Å². The quantitative estimate of drug-likeness (QED) is 0.673. The number of carbonyl (C=O) groups is 2. The third kappa shape index (κ3) is 5.66. The lowest BCUT2D eigenvalue weighted by atomic mass is 10.1. The lowest BCUT2D eigenvalue weighted by Gasteiger charge is -2.35. The van der Waals surface area contributed by atoms with Crippen molar-refractivity contribution >= 4 is 23.3 Å². The van der Waals surface area contributed by atoms with Gasteiger partial charge in [0.1, 0.15) is 0 Å². The average Bonchev–Trinajstić information content (AvgIpc) is 3.29. The predicted octanol–water partition coefficient (Wildman–Crippen LogP) is 2.58. The number of piperazine rings is 1. The first kappa shape index (κ1) is 22.3. The number of rotatable bonds is 7. The molecule has 7 heteroatoms. The fraction of sp³-hybridized carbons (Fsp3) is 0.440. The van der Waals surface area contributed by atoms with Crippen LogP contribution < -0.4 is 10.2 Å². The maximum Gasteiger partial charge on any atom is 0.319 e. The first-order valence-electron chi connectivity index (χ1n) is 11.4. The first-order valence-corrected chi connectivity index (χ1v) is 11.4. The Balaban J connectivity index is 1.29. The van der Waals surface area contributed by atoms with Crippen molar-refractivity contribution in [3.8, 4) is 0 Å². The van der Waals surface area contributed by atoms with Gasteiger partial charge in [0.25, 0.3) is 0 Å². The molecule has 7 nitrogen and oxygen atoms in total. The molecule has 2 aromatic carbocycles. The van der Waals surface area contributed by atoms with Crippen molar-refractivity contribution in [2.75, 3.05) is 56.6 Å². The van der Waals surface area contributed by atoms with Crippen LogP contribution in [0.3, 0.4) is 0 Å². The molecule has 0 aromatic heterocycles. The molecule has 2 aromatic rings. The van der Waals surface area contributed by atoms with Gasteiger partial charge in [-0.2, -0.15) is 0 Å². The van der Waals surface area contributed by atoms with Crippen LogP contribution in [0.5, 0.6) is 0 Å². The Morgan fingerprint density at radius 1 is 0.969 bits per heavy atom. The van der Waals surface area contributed by atoms with Gasteiger partial charge in [0, 0.05) is 44.1 Å². The Morgan fingerprint density at radius 3 is 2.38 bits per heavy atom. The highest BCUT2D eigenvalue weighted by Gasteiger charge is 2.30. The molecule has 2 heterocycles. The normalized spacial score (nSPS) is 19.7. The average molecular weight is 437 g/mol. The number of ether oxygens (including phenoxy) is 1. The van der Waals surface area contributed by atoms with Crippen LogP contribution >= 0.6 is 0 Å². The van der Waals surface area contributed by atoms with E-state index in [1.54, 1.807) is 0 Å². The zero-order chi connectivity index (χ0) is 22.3.